The van der Waals surface area contributed by atoms with E-state index in [-0.39, 0.29) is 0 Å². The zero-order valence-electron chi connectivity index (χ0n) is 13.6. The number of aromatic nitrogens is 1. The molecular formula is C16H25BNO-. The van der Waals surface area contributed by atoms with Crippen LogP contribution in [-0.4, -0.2) is 17.8 Å². The van der Waals surface area contributed by atoms with Gasteiger partial charge in [-0.05, 0) is 11.5 Å². The van der Waals surface area contributed by atoms with Gasteiger partial charge in [0.15, 0.2) is 0 Å². The van der Waals surface area contributed by atoms with Crippen LogP contribution in [0.3, 0.4) is 0 Å². The first-order chi connectivity index (χ1) is 9.65. The highest BCUT2D eigenvalue weighted by Gasteiger charge is 2.24. The Kier molecular flexibility index (Phi) is 3.93. The van der Waals surface area contributed by atoms with Gasteiger partial charge in [-0.2, -0.15) is 19.0 Å². The average Bonchev–Trinajstić information content (AvgIpc) is 2.77. The van der Waals surface area contributed by atoms with Crippen molar-refractivity contribution in [3.8, 4) is 0 Å². The predicted molar refractivity (Wildman–Crippen MR) is 85.8 cm³/mol. The molecule has 0 aliphatic carbocycles. The lowest BCUT2D eigenvalue weighted by Crippen LogP contribution is -2.49. The second-order valence-electron chi connectivity index (χ2n) is 5.58. The maximum absolute atomic E-state index is 8.64. The number of hydrogen-bond acceptors (Lipinski definition) is 1. The lowest BCUT2D eigenvalue weighted by molar-refractivity contribution is 0.137. The summed E-state index contributed by atoms with van der Waals surface area (Å²) in [7, 11) is 1.72. The Bertz CT molecular complexity index is 581. The standard InChI is InChI=1S/C16H25BNO/c1-5-17(6-2,7-3)16-12-14-10-8-9-11-15(14)18(16)13-19-4/h8-12H,5-7,13H2,1-4H3/q-1/i12D. The van der Waals surface area contributed by atoms with Crippen LogP contribution in [0, 0.1) is 0 Å². The summed E-state index contributed by atoms with van der Waals surface area (Å²) in [5.74, 6) is 0. The fourth-order valence-corrected chi connectivity index (χ4v) is 3.35. The van der Waals surface area contributed by atoms with Gasteiger partial charge in [-0.15, -0.1) is 5.59 Å². The number of nitrogens with zero attached hydrogens (tertiary/aromatic N) is 1. The molecule has 0 aliphatic rings. The molecular weight excluding hydrogens is 233 g/mol. The maximum Gasteiger partial charge on any atom is 0.119 e. The largest absolute Gasteiger partial charge is 0.364 e. The lowest BCUT2D eigenvalue weighted by Gasteiger charge is -2.38. The summed E-state index contributed by atoms with van der Waals surface area (Å²) in [6.45, 7) is 7.28. The third kappa shape index (κ3) is 2.32. The molecule has 3 heteroatoms. The summed E-state index contributed by atoms with van der Waals surface area (Å²) in [5.41, 5.74) is 2.32. The lowest BCUT2D eigenvalue weighted by atomic mass is 9.19. The van der Waals surface area contributed by atoms with Crippen molar-refractivity contribution in [1.29, 1.82) is 0 Å². The van der Waals surface area contributed by atoms with E-state index in [0.29, 0.717) is 12.8 Å². The first kappa shape index (κ1) is 12.8. The molecule has 0 radical (unpaired) electrons. The Balaban J connectivity index is 2.79. The monoisotopic (exact) mass is 259 g/mol. The Morgan fingerprint density at radius 2 is 1.79 bits per heavy atom. The fourth-order valence-electron chi connectivity index (χ4n) is 3.35. The second kappa shape index (κ2) is 5.83. The third-order valence-electron chi connectivity index (χ3n) is 4.93. The molecule has 0 spiro atoms. The quantitative estimate of drug-likeness (QED) is 0.716. The van der Waals surface area contributed by atoms with Crippen molar-refractivity contribution in [2.45, 2.75) is 46.5 Å². The van der Waals surface area contributed by atoms with Crippen LogP contribution in [0.2, 0.25) is 19.0 Å². The van der Waals surface area contributed by atoms with E-state index in [1.54, 1.807) is 7.11 Å². The Hall–Kier alpha value is -1.22. The van der Waals surface area contributed by atoms with Gasteiger partial charge in [-0.25, -0.2) is 0 Å². The van der Waals surface area contributed by atoms with Crippen molar-refractivity contribution in [2.24, 2.45) is 0 Å². The highest BCUT2D eigenvalue weighted by atomic mass is 16.5. The zero-order valence-corrected chi connectivity index (χ0v) is 12.6. The number of hydrogen-bond donors (Lipinski definition) is 0. The van der Waals surface area contributed by atoms with Crippen LogP contribution in [0.5, 0.6) is 0 Å². The Morgan fingerprint density at radius 1 is 1.16 bits per heavy atom. The number of benzene rings is 1. The van der Waals surface area contributed by atoms with Gasteiger partial charge in [0.25, 0.3) is 0 Å². The Labute approximate surface area is 118 Å². The van der Waals surface area contributed by atoms with Crippen LogP contribution in [0.4, 0.5) is 0 Å². The van der Waals surface area contributed by atoms with Gasteiger partial charge in [0, 0.05) is 18.8 Å². The van der Waals surface area contributed by atoms with Crippen LogP contribution in [0.1, 0.15) is 22.1 Å². The Morgan fingerprint density at radius 3 is 2.37 bits per heavy atom. The molecule has 0 amide bonds. The molecule has 0 saturated carbocycles. The summed E-state index contributed by atoms with van der Waals surface area (Å²) in [4.78, 5) is 0. The van der Waals surface area contributed by atoms with Gasteiger partial charge < -0.3 is 9.30 Å². The van der Waals surface area contributed by atoms with Crippen LogP contribution in [0.15, 0.2) is 30.3 Å². The van der Waals surface area contributed by atoms with Crippen molar-refractivity contribution < 1.29 is 6.11 Å². The molecule has 0 fully saturated rings. The van der Waals surface area contributed by atoms with Gasteiger partial charge in [-0.1, -0.05) is 45.0 Å². The van der Waals surface area contributed by atoms with Crippen LogP contribution >= 0.6 is 0 Å². The van der Waals surface area contributed by atoms with Crippen LogP contribution in [0.25, 0.3) is 10.9 Å². The highest BCUT2D eigenvalue weighted by molar-refractivity contribution is 6.91. The molecule has 2 aromatic rings. The van der Waals surface area contributed by atoms with E-state index in [1.807, 2.05) is 12.1 Å². The molecule has 1 aromatic heterocycles. The minimum atomic E-state index is -0.688. The molecule has 19 heavy (non-hydrogen) atoms. The first-order valence-electron chi connectivity index (χ1n) is 7.92. The predicted octanol–water partition coefficient (Wildman–Crippen LogP) is 3.96. The summed E-state index contributed by atoms with van der Waals surface area (Å²) in [6.07, 6.45) is 2.64. The second-order valence-corrected chi connectivity index (χ2v) is 5.58. The normalized spacial score (nSPS) is 12.9. The summed E-state index contributed by atoms with van der Waals surface area (Å²) in [5, 5.41) is 1.04. The number of fused-ring (bicyclic) bond motifs is 1. The van der Waals surface area contributed by atoms with Crippen molar-refractivity contribution in [3.05, 3.63) is 30.3 Å². The van der Waals surface area contributed by atoms with E-state index >= 15 is 0 Å². The molecule has 0 saturated heterocycles. The first-order valence-corrected chi connectivity index (χ1v) is 7.42. The van der Waals surface area contributed by atoms with Gasteiger partial charge in [0.05, 0.1) is 1.37 Å². The highest BCUT2D eigenvalue weighted by Crippen LogP contribution is 2.24. The number of methoxy groups -OCH3 is 1. The molecule has 1 heterocycles. The van der Waals surface area contributed by atoms with Crippen molar-refractivity contribution >= 4 is 22.6 Å². The zero-order chi connectivity index (χ0) is 14.8. The van der Waals surface area contributed by atoms with Crippen molar-refractivity contribution in [3.63, 3.8) is 0 Å². The van der Waals surface area contributed by atoms with E-state index < -0.39 is 6.15 Å². The molecule has 0 aliphatic heterocycles. The summed E-state index contributed by atoms with van der Waals surface area (Å²) >= 11 is 0. The molecule has 2 rings (SSSR count). The van der Waals surface area contributed by atoms with Crippen LogP contribution < -0.4 is 5.59 Å². The van der Waals surface area contributed by atoms with Crippen LogP contribution in [-0.2, 0) is 11.5 Å². The van der Waals surface area contributed by atoms with Gasteiger partial charge in [0.2, 0.25) is 0 Å². The average molecular weight is 259 g/mol. The van der Waals surface area contributed by atoms with E-state index in [4.69, 9.17) is 6.11 Å². The van der Waals surface area contributed by atoms with Gasteiger partial charge >= 0.3 is 0 Å². The topological polar surface area (TPSA) is 14.2 Å². The summed E-state index contributed by atoms with van der Waals surface area (Å²) in [6, 6.07) is 8.89. The molecule has 1 aromatic carbocycles. The number of para-hydroxylation sites is 1. The molecule has 104 valence electrons. The van der Waals surface area contributed by atoms with Crippen molar-refractivity contribution in [1.82, 2.24) is 4.57 Å². The molecule has 0 N–H and O–H groups in total. The smallest absolute Gasteiger partial charge is 0.119 e. The maximum atomic E-state index is 8.64. The van der Waals surface area contributed by atoms with Gasteiger partial charge in [0.1, 0.15) is 6.73 Å². The molecule has 0 unspecified atom stereocenters. The summed E-state index contributed by atoms with van der Waals surface area (Å²) < 4.78 is 16.3. The fraction of sp³-hybridized carbons (Fsp3) is 0.500. The SMILES string of the molecule is [2H]c1c([B-](CC)(CC)CC)n(COC)c2ccccc12. The third-order valence-corrected chi connectivity index (χ3v) is 4.93. The minimum absolute atomic E-state index is 0.526. The molecule has 0 bridgehead atoms. The molecule has 0 atom stereocenters. The van der Waals surface area contributed by atoms with E-state index in [1.165, 1.54) is 5.59 Å². The number of rotatable bonds is 6. The van der Waals surface area contributed by atoms with E-state index in [9.17, 15) is 0 Å². The van der Waals surface area contributed by atoms with E-state index in [2.05, 4.69) is 37.5 Å². The van der Waals surface area contributed by atoms with E-state index in [0.717, 1.165) is 29.9 Å². The van der Waals surface area contributed by atoms with Crippen molar-refractivity contribution in [2.75, 3.05) is 7.11 Å². The van der Waals surface area contributed by atoms with Gasteiger partial charge in [-0.3, -0.25) is 0 Å². The molecule has 2 nitrogen and oxygen atoms in total. The number of ether oxygens (including phenoxy) is 1. The minimum Gasteiger partial charge on any atom is -0.364 e.